The molecule has 0 saturated carbocycles. The summed E-state index contributed by atoms with van der Waals surface area (Å²) in [4.78, 5) is 53.2. The van der Waals surface area contributed by atoms with Gasteiger partial charge in [-0.1, -0.05) is 30.3 Å². The second-order valence-corrected chi connectivity index (χ2v) is 8.26. The Morgan fingerprint density at radius 2 is 1.68 bits per heavy atom. The molecule has 4 N–H and O–H groups in total. The molecule has 3 rings (SSSR count). The number of carbonyl (C=O) groups is 4. The second-order valence-electron chi connectivity index (χ2n) is 8.26. The molecule has 2 saturated heterocycles. The molecule has 1 aromatic carbocycles. The first kappa shape index (κ1) is 22.7. The highest BCUT2D eigenvalue weighted by Gasteiger charge is 2.43. The minimum Gasteiger partial charge on any atom is -0.480 e. The first-order valence-electron chi connectivity index (χ1n) is 10.7. The maximum absolute atomic E-state index is 13.4. The van der Waals surface area contributed by atoms with Crippen LogP contribution in [0.3, 0.4) is 0 Å². The van der Waals surface area contributed by atoms with Crippen LogP contribution in [-0.4, -0.2) is 75.9 Å². The lowest BCUT2D eigenvalue weighted by Gasteiger charge is -2.32. The second kappa shape index (κ2) is 9.91. The van der Waals surface area contributed by atoms with Crippen LogP contribution in [0.2, 0.25) is 0 Å². The Bertz CT molecular complexity index is 828. The summed E-state index contributed by atoms with van der Waals surface area (Å²) < 4.78 is 0. The number of hydrogen-bond acceptors (Lipinski definition) is 5. The number of carboxylic acid groups (broad SMARTS) is 1. The fourth-order valence-corrected chi connectivity index (χ4v) is 4.32. The summed E-state index contributed by atoms with van der Waals surface area (Å²) in [6, 6.07) is 6.12. The molecule has 2 aliphatic heterocycles. The number of hydrogen-bond donors (Lipinski definition) is 3. The molecule has 31 heavy (non-hydrogen) atoms. The first-order valence-corrected chi connectivity index (χ1v) is 10.7. The van der Waals surface area contributed by atoms with Crippen molar-refractivity contribution in [3.8, 4) is 0 Å². The summed E-state index contributed by atoms with van der Waals surface area (Å²) in [6.07, 6.45) is 2.45. The van der Waals surface area contributed by atoms with E-state index in [4.69, 9.17) is 5.73 Å². The third-order valence-corrected chi connectivity index (χ3v) is 5.95. The zero-order valence-electron chi connectivity index (χ0n) is 17.7. The molecule has 0 bridgehead atoms. The van der Waals surface area contributed by atoms with Crippen molar-refractivity contribution in [3.63, 3.8) is 0 Å². The van der Waals surface area contributed by atoms with Crippen LogP contribution in [0, 0.1) is 0 Å². The summed E-state index contributed by atoms with van der Waals surface area (Å²) >= 11 is 0. The van der Waals surface area contributed by atoms with E-state index in [2.05, 4.69) is 5.32 Å². The molecule has 2 heterocycles. The number of benzene rings is 1. The largest absolute Gasteiger partial charge is 0.480 e. The summed E-state index contributed by atoms with van der Waals surface area (Å²) in [5.41, 5.74) is 6.55. The van der Waals surface area contributed by atoms with E-state index in [1.54, 1.807) is 6.92 Å². The molecule has 1 aromatic rings. The molecule has 3 amide bonds. The van der Waals surface area contributed by atoms with Crippen molar-refractivity contribution in [2.75, 3.05) is 13.1 Å². The molecule has 0 spiro atoms. The molecule has 0 aliphatic carbocycles. The Hall–Kier alpha value is -2.94. The Labute approximate surface area is 181 Å². The highest BCUT2D eigenvalue weighted by atomic mass is 16.4. The number of carbonyl (C=O) groups excluding carboxylic acids is 3. The minimum absolute atomic E-state index is 0.275. The monoisotopic (exact) mass is 430 g/mol. The fraction of sp³-hybridized carbons (Fsp3) is 0.545. The third kappa shape index (κ3) is 5.22. The summed E-state index contributed by atoms with van der Waals surface area (Å²) in [5, 5.41) is 12.1. The van der Waals surface area contributed by atoms with Crippen LogP contribution in [-0.2, 0) is 25.6 Å². The number of rotatable bonds is 7. The number of nitrogens with zero attached hydrogens (tertiary/aromatic N) is 2. The van der Waals surface area contributed by atoms with Gasteiger partial charge < -0.3 is 26.0 Å². The van der Waals surface area contributed by atoms with Gasteiger partial charge in [-0.2, -0.15) is 0 Å². The highest BCUT2D eigenvalue weighted by molar-refractivity contribution is 5.94. The van der Waals surface area contributed by atoms with Crippen molar-refractivity contribution in [3.05, 3.63) is 35.9 Å². The standard InChI is InChI=1S/C22H30N4O5/c1-14(23)19(27)24-16(13-15-7-3-2-4-8-15)20(28)25-11-5-9-17(25)21(29)26-12-6-10-18(26)22(30)31/h2-4,7-8,14,16-18H,5-6,9-13,23H2,1H3,(H,24,27)(H,30,31). The van der Waals surface area contributed by atoms with Crippen LogP contribution >= 0.6 is 0 Å². The molecule has 2 aliphatic rings. The van der Waals surface area contributed by atoms with Crippen molar-refractivity contribution < 1.29 is 24.3 Å². The summed E-state index contributed by atoms with van der Waals surface area (Å²) in [6.45, 7) is 2.31. The van der Waals surface area contributed by atoms with Crippen LogP contribution in [0.1, 0.15) is 38.2 Å². The number of amides is 3. The first-order chi connectivity index (χ1) is 14.8. The van der Waals surface area contributed by atoms with Gasteiger partial charge >= 0.3 is 5.97 Å². The Kier molecular flexibility index (Phi) is 7.27. The van der Waals surface area contributed by atoms with Gasteiger partial charge in [0.2, 0.25) is 17.7 Å². The fourth-order valence-electron chi connectivity index (χ4n) is 4.32. The van der Waals surface area contributed by atoms with Crippen molar-refractivity contribution in [1.82, 2.24) is 15.1 Å². The molecular formula is C22H30N4O5. The molecule has 0 radical (unpaired) electrons. The molecule has 4 atom stereocenters. The van der Waals surface area contributed by atoms with Crippen LogP contribution < -0.4 is 11.1 Å². The predicted octanol–water partition coefficient (Wildman–Crippen LogP) is 0.128. The lowest BCUT2D eigenvalue weighted by Crippen LogP contribution is -2.57. The van der Waals surface area contributed by atoms with E-state index >= 15 is 0 Å². The molecule has 9 heteroatoms. The number of aliphatic carboxylic acids is 1. The van der Waals surface area contributed by atoms with Gasteiger partial charge in [-0.15, -0.1) is 0 Å². The minimum atomic E-state index is -1.02. The molecule has 2 fully saturated rings. The van der Waals surface area contributed by atoms with Gasteiger partial charge in [0.15, 0.2) is 0 Å². The number of nitrogens with one attached hydrogen (secondary N) is 1. The molecule has 168 valence electrons. The lowest BCUT2D eigenvalue weighted by atomic mass is 10.0. The Morgan fingerprint density at radius 1 is 1.06 bits per heavy atom. The van der Waals surface area contributed by atoms with E-state index in [0.29, 0.717) is 38.8 Å². The molecule has 9 nitrogen and oxygen atoms in total. The Balaban J connectivity index is 1.79. The average molecular weight is 431 g/mol. The van der Waals surface area contributed by atoms with Crippen LogP contribution in [0.5, 0.6) is 0 Å². The smallest absolute Gasteiger partial charge is 0.326 e. The summed E-state index contributed by atoms with van der Waals surface area (Å²) in [5.74, 6) is -2.14. The van der Waals surface area contributed by atoms with E-state index in [0.717, 1.165) is 5.56 Å². The molecule has 4 unspecified atom stereocenters. The number of carboxylic acids is 1. The number of likely N-dealkylation sites (tertiary alicyclic amines) is 2. The van der Waals surface area contributed by atoms with Crippen molar-refractivity contribution in [2.45, 2.75) is 63.2 Å². The van der Waals surface area contributed by atoms with Gasteiger partial charge in [-0.25, -0.2) is 4.79 Å². The van der Waals surface area contributed by atoms with Crippen LogP contribution in [0.25, 0.3) is 0 Å². The van der Waals surface area contributed by atoms with E-state index in [1.165, 1.54) is 9.80 Å². The van der Waals surface area contributed by atoms with E-state index in [9.17, 15) is 24.3 Å². The topological polar surface area (TPSA) is 133 Å². The average Bonchev–Trinajstić information content (AvgIpc) is 3.42. The van der Waals surface area contributed by atoms with Crippen LogP contribution in [0.4, 0.5) is 0 Å². The van der Waals surface area contributed by atoms with Gasteiger partial charge in [0.25, 0.3) is 0 Å². The molecule has 0 aromatic heterocycles. The Morgan fingerprint density at radius 3 is 2.29 bits per heavy atom. The quantitative estimate of drug-likeness (QED) is 0.563. The predicted molar refractivity (Wildman–Crippen MR) is 113 cm³/mol. The zero-order valence-corrected chi connectivity index (χ0v) is 17.7. The van der Waals surface area contributed by atoms with Gasteiger partial charge in [0.1, 0.15) is 18.1 Å². The van der Waals surface area contributed by atoms with Gasteiger partial charge in [0, 0.05) is 19.5 Å². The highest BCUT2D eigenvalue weighted by Crippen LogP contribution is 2.26. The lowest BCUT2D eigenvalue weighted by molar-refractivity contribution is -0.152. The molecular weight excluding hydrogens is 400 g/mol. The maximum Gasteiger partial charge on any atom is 0.326 e. The third-order valence-electron chi connectivity index (χ3n) is 5.95. The number of nitrogens with two attached hydrogens (primary N) is 1. The van der Waals surface area contributed by atoms with Crippen molar-refractivity contribution in [2.24, 2.45) is 5.73 Å². The van der Waals surface area contributed by atoms with E-state index < -0.39 is 36.0 Å². The van der Waals surface area contributed by atoms with E-state index in [1.807, 2.05) is 30.3 Å². The van der Waals surface area contributed by atoms with Gasteiger partial charge in [-0.05, 0) is 38.2 Å². The van der Waals surface area contributed by atoms with Gasteiger partial charge in [-0.3, -0.25) is 14.4 Å². The van der Waals surface area contributed by atoms with Crippen molar-refractivity contribution >= 4 is 23.7 Å². The van der Waals surface area contributed by atoms with E-state index in [-0.39, 0.29) is 18.2 Å². The normalized spacial score (nSPS) is 22.8. The van der Waals surface area contributed by atoms with Crippen molar-refractivity contribution in [1.29, 1.82) is 0 Å². The summed E-state index contributed by atoms with van der Waals surface area (Å²) in [7, 11) is 0. The zero-order chi connectivity index (χ0) is 22.5. The maximum atomic E-state index is 13.4. The van der Waals surface area contributed by atoms with Crippen LogP contribution in [0.15, 0.2) is 30.3 Å². The SMILES string of the molecule is CC(N)C(=O)NC(Cc1ccccc1)C(=O)N1CCCC1C(=O)N1CCCC1C(=O)O. The van der Waals surface area contributed by atoms with Gasteiger partial charge in [0.05, 0.1) is 6.04 Å².